The number of hydrogen-bond donors (Lipinski definition) is 2. The fourth-order valence-corrected chi connectivity index (χ4v) is 2.58. The van der Waals surface area contributed by atoms with Crippen LogP contribution in [0.3, 0.4) is 0 Å². The van der Waals surface area contributed by atoms with Crippen LogP contribution in [0.2, 0.25) is 0 Å². The summed E-state index contributed by atoms with van der Waals surface area (Å²) in [6.07, 6.45) is 5.52. The molecule has 0 bridgehead atoms. The SMILES string of the molecule is CN(CC1CCCC1)c1ccc(C(=N)N)cc1. The highest BCUT2D eigenvalue weighted by atomic mass is 15.1. The Balaban J connectivity index is 1.98. The molecule has 0 atom stereocenters. The van der Waals surface area contributed by atoms with E-state index in [1.165, 1.54) is 31.4 Å². The van der Waals surface area contributed by atoms with Crippen LogP contribution in [0.5, 0.6) is 0 Å². The molecule has 3 nitrogen and oxygen atoms in total. The van der Waals surface area contributed by atoms with Crippen LogP contribution in [0.25, 0.3) is 0 Å². The smallest absolute Gasteiger partial charge is 0.122 e. The molecule has 0 aromatic heterocycles. The maximum Gasteiger partial charge on any atom is 0.122 e. The zero-order chi connectivity index (χ0) is 12.3. The molecule has 92 valence electrons. The third kappa shape index (κ3) is 2.99. The van der Waals surface area contributed by atoms with Gasteiger partial charge in [0.05, 0.1) is 0 Å². The van der Waals surface area contributed by atoms with E-state index in [-0.39, 0.29) is 5.84 Å². The van der Waals surface area contributed by atoms with Gasteiger partial charge in [0.25, 0.3) is 0 Å². The second-order valence-electron chi connectivity index (χ2n) is 4.99. The molecule has 0 spiro atoms. The van der Waals surface area contributed by atoms with Crippen LogP contribution in [0, 0.1) is 11.3 Å². The lowest BCUT2D eigenvalue weighted by Gasteiger charge is -2.23. The third-order valence-electron chi connectivity index (χ3n) is 3.63. The maximum absolute atomic E-state index is 7.36. The van der Waals surface area contributed by atoms with Crippen LogP contribution < -0.4 is 10.6 Å². The fraction of sp³-hybridized carbons (Fsp3) is 0.500. The molecule has 0 amide bonds. The molecule has 0 saturated heterocycles. The van der Waals surface area contributed by atoms with Gasteiger partial charge in [0, 0.05) is 24.8 Å². The van der Waals surface area contributed by atoms with Gasteiger partial charge in [-0.15, -0.1) is 0 Å². The number of nitrogens with zero attached hydrogens (tertiary/aromatic N) is 1. The molecule has 1 saturated carbocycles. The molecular weight excluding hydrogens is 210 g/mol. The van der Waals surface area contributed by atoms with Crippen LogP contribution in [0.4, 0.5) is 5.69 Å². The summed E-state index contributed by atoms with van der Waals surface area (Å²) in [4.78, 5) is 2.31. The minimum Gasteiger partial charge on any atom is -0.384 e. The number of rotatable bonds is 4. The number of nitrogen functional groups attached to an aromatic ring is 1. The van der Waals surface area contributed by atoms with E-state index in [4.69, 9.17) is 11.1 Å². The first-order valence-electron chi connectivity index (χ1n) is 6.32. The number of nitrogens with two attached hydrogens (primary N) is 1. The molecular formula is C14H21N3. The molecule has 3 heteroatoms. The molecule has 3 N–H and O–H groups in total. The normalized spacial score (nSPS) is 16.1. The lowest BCUT2D eigenvalue weighted by atomic mass is 10.1. The summed E-state index contributed by atoms with van der Waals surface area (Å²) >= 11 is 0. The van der Waals surface area contributed by atoms with Gasteiger partial charge >= 0.3 is 0 Å². The van der Waals surface area contributed by atoms with Crippen molar-refractivity contribution >= 4 is 11.5 Å². The van der Waals surface area contributed by atoms with E-state index < -0.39 is 0 Å². The Morgan fingerprint density at radius 3 is 2.41 bits per heavy atom. The molecule has 0 unspecified atom stereocenters. The number of benzene rings is 1. The van der Waals surface area contributed by atoms with Crippen molar-refractivity contribution < 1.29 is 0 Å². The van der Waals surface area contributed by atoms with E-state index in [1.807, 2.05) is 24.3 Å². The number of hydrogen-bond acceptors (Lipinski definition) is 2. The van der Waals surface area contributed by atoms with Crippen LogP contribution in [0.15, 0.2) is 24.3 Å². The van der Waals surface area contributed by atoms with Crippen LogP contribution in [0.1, 0.15) is 31.2 Å². The highest BCUT2D eigenvalue weighted by Gasteiger charge is 2.16. The second kappa shape index (κ2) is 5.21. The van der Waals surface area contributed by atoms with Gasteiger partial charge in [-0.2, -0.15) is 0 Å². The fourth-order valence-electron chi connectivity index (χ4n) is 2.58. The molecule has 2 rings (SSSR count). The van der Waals surface area contributed by atoms with E-state index in [9.17, 15) is 0 Å². The predicted octanol–water partition coefficient (Wildman–Crippen LogP) is 2.60. The Bertz CT molecular complexity index is 377. The monoisotopic (exact) mass is 231 g/mol. The minimum absolute atomic E-state index is 0.134. The molecule has 1 aliphatic rings. The van der Waals surface area contributed by atoms with Crippen molar-refractivity contribution in [2.75, 3.05) is 18.5 Å². The van der Waals surface area contributed by atoms with Gasteiger partial charge in [-0.25, -0.2) is 0 Å². The lowest BCUT2D eigenvalue weighted by Crippen LogP contribution is -2.24. The summed E-state index contributed by atoms with van der Waals surface area (Å²) in [5.74, 6) is 0.988. The topological polar surface area (TPSA) is 53.1 Å². The summed E-state index contributed by atoms with van der Waals surface area (Å²) < 4.78 is 0. The van der Waals surface area contributed by atoms with Crippen molar-refractivity contribution in [3.05, 3.63) is 29.8 Å². The van der Waals surface area contributed by atoms with E-state index in [2.05, 4.69) is 11.9 Å². The van der Waals surface area contributed by atoms with Crippen molar-refractivity contribution in [1.29, 1.82) is 5.41 Å². The Morgan fingerprint density at radius 2 is 1.88 bits per heavy atom. The van der Waals surface area contributed by atoms with Gasteiger partial charge < -0.3 is 10.6 Å². The van der Waals surface area contributed by atoms with Crippen molar-refractivity contribution in [3.8, 4) is 0 Å². The van der Waals surface area contributed by atoms with E-state index >= 15 is 0 Å². The first kappa shape index (κ1) is 12.0. The molecule has 1 fully saturated rings. The van der Waals surface area contributed by atoms with Crippen molar-refractivity contribution in [2.45, 2.75) is 25.7 Å². The van der Waals surface area contributed by atoms with Gasteiger partial charge in [0.15, 0.2) is 0 Å². The van der Waals surface area contributed by atoms with E-state index in [0.29, 0.717) is 0 Å². The third-order valence-corrected chi connectivity index (χ3v) is 3.63. The molecule has 0 aliphatic heterocycles. The van der Waals surface area contributed by atoms with Gasteiger partial charge in [0.1, 0.15) is 5.84 Å². The molecule has 1 aromatic carbocycles. The van der Waals surface area contributed by atoms with Gasteiger partial charge in [-0.3, -0.25) is 5.41 Å². The Morgan fingerprint density at radius 1 is 1.29 bits per heavy atom. The summed E-state index contributed by atoms with van der Waals surface area (Å²) in [6, 6.07) is 7.93. The standard InChI is InChI=1S/C14H21N3/c1-17(10-11-4-2-3-5-11)13-8-6-12(7-9-13)14(15)16/h6-9,11H,2-5,10H2,1H3,(H3,15,16). The summed E-state index contributed by atoms with van der Waals surface area (Å²) in [5.41, 5.74) is 7.45. The zero-order valence-corrected chi connectivity index (χ0v) is 10.4. The van der Waals surface area contributed by atoms with Gasteiger partial charge in [-0.1, -0.05) is 12.8 Å². The average molecular weight is 231 g/mol. The molecule has 0 heterocycles. The second-order valence-corrected chi connectivity index (χ2v) is 4.99. The first-order valence-corrected chi connectivity index (χ1v) is 6.32. The Labute approximate surface area is 103 Å². The van der Waals surface area contributed by atoms with Crippen LogP contribution in [-0.2, 0) is 0 Å². The lowest BCUT2D eigenvalue weighted by molar-refractivity contribution is 0.547. The van der Waals surface area contributed by atoms with Gasteiger partial charge in [-0.05, 0) is 43.0 Å². The number of nitrogens with one attached hydrogen (secondary N) is 1. The Hall–Kier alpha value is -1.51. The summed E-state index contributed by atoms with van der Waals surface area (Å²) in [7, 11) is 2.14. The zero-order valence-electron chi connectivity index (χ0n) is 10.4. The first-order chi connectivity index (χ1) is 8.16. The summed E-state index contributed by atoms with van der Waals surface area (Å²) in [6.45, 7) is 1.14. The predicted molar refractivity (Wildman–Crippen MR) is 72.7 cm³/mol. The maximum atomic E-state index is 7.36. The van der Waals surface area contributed by atoms with Crippen LogP contribution in [-0.4, -0.2) is 19.4 Å². The number of amidine groups is 1. The molecule has 1 aromatic rings. The largest absolute Gasteiger partial charge is 0.384 e. The molecule has 0 radical (unpaired) electrons. The quantitative estimate of drug-likeness (QED) is 0.618. The van der Waals surface area contributed by atoms with Crippen molar-refractivity contribution in [2.24, 2.45) is 11.7 Å². The highest BCUT2D eigenvalue weighted by molar-refractivity contribution is 5.95. The van der Waals surface area contributed by atoms with Crippen molar-refractivity contribution in [3.63, 3.8) is 0 Å². The average Bonchev–Trinajstić information content (AvgIpc) is 2.82. The number of anilines is 1. The highest BCUT2D eigenvalue weighted by Crippen LogP contribution is 2.26. The van der Waals surface area contributed by atoms with Crippen LogP contribution >= 0.6 is 0 Å². The van der Waals surface area contributed by atoms with Crippen molar-refractivity contribution in [1.82, 2.24) is 0 Å². The minimum atomic E-state index is 0.134. The van der Waals surface area contributed by atoms with Gasteiger partial charge in [0.2, 0.25) is 0 Å². The van der Waals surface area contributed by atoms with E-state index in [0.717, 1.165) is 18.0 Å². The Kier molecular flexibility index (Phi) is 3.67. The van der Waals surface area contributed by atoms with E-state index in [1.54, 1.807) is 0 Å². The molecule has 1 aliphatic carbocycles. The summed E-state index contributed by atoms with van der Waals surface area (Å²) in [5, 5.41) is 7.36. The molecule has 17 heavy (non-hydrogen) atoms.